The second-order valence-electron chi connectivity index (χ2n) is 4.48. The summed E-state index contributed by atoms with van der Waals surface area (Å²) in [5, 5.41) is 0. The molecule has 0 aliphatic rings. The molecule has 0 saturated heterocycles. The predicted octanol–water partition coefficient (Wildman–Crippen LogP) is 1.44. The number of aromatic amines is 1. The first kappa shape index (κ1) is 12.5. The third-order valence-electron chi connectivity index (χ3n) is 3.09. The van der Waals surface area contributed by atoms with E-state index < -0.39 is 0 Å². The van der Waals surface area contributed by atoms with Crippen LogP contribution in [-0.2, 0) is 13.0 Å². The summed E-state index contributed by atoms with van der Waals surface area (Å²) in [7, 11) is 0. The molecule has 2 rings (SSSR count). The van der Waals surface area contributed by atoms with Crippen LogP contribution in [-0.4, -0.2) is 9.97 Å². The smallest absolute Gasteiger partial charge is 0.255 e. The topological polar surface area (TPSA) is 71.8 Å². The number of hydrogen-bond donors (Lipinski definition) is 2. The molecule has 18 heavy (non-hydrogen) atoms. The maximum absolute atomic E-state index is 11.6. The number of rotatable bonds is 3. The summed E-state index contributed by atoms with van der Waals surface area (Å²) >= 11 is 0. The fourth-order valence-corrected chi connectivity index (χ4v) is 1.80. The van der Waals surface area contributed by atoms with Crippen molar-refractivity contribution < 1.29 is 0 Å². The normalized spacial score (nSPS) is 10.6. The van der Waals surface area contributed by atoms with Crippen LogP contribution < -0.4 is 11.3 Å². The van der Waals surface area contributed by atoms with Crippen molar-refractivity contribution in [3.63, 3.8) is 0 Å². The molecule has 3 N–H and O–H groups in total. The summed E-state index contributed by atoms with van der Waals surface area (Å²) < 4.78 is 0. The molecule has 0 spiro atoms. The van der Waals surface area contributed by atoms with Gasteiger partial charge >= 0.3 is 0 Å². The van der Waals surface area contributed by atoms with Gasteiger partial charge in [0.2, 0.25) is 0 Å². The molecule has 94 valence electrons. The second kappa shape index (κ2) is 5.14. The molecule has 0 bridgehead atoms. The first-order valence-corrected chi connectivity index (χ1v) is 5.93. The molecular weight excluding hydrogens is 226 g/mol. The van der Waals surface area contributed by atoms with Crippen LogP contribution in [0, 0.1) is 13.8 Å². The molecule has 4 nitrogen and oxygen atoms in total. The Labute approximate surface area is 106 Å². The van der Waals surface area contributed by atoms with Crippen molar-refractivity contribution >= 4 is 0 Å². The van der Waals surface area contributed by atoms with Gasteiger partial charge in [-0.05, 0) is 30.5 Å². The molecule has 0 aliphatic heterocycles. The van der Waals surface area contributed by atoms with E-state index in [1.54, 1.807) is 6.20 Å². The first-order chi connectivity index (χ1) is 8.60. The Kier molecular flexibility index (Phi) is 3.58. The average Bonchev–Trinajstić information content (AvgIpc) is 2.34. The van der Waals surface area contributed by atoms with Crippen LogP contribution in [0.15, 0.2) is 29.2 Å². The fourth-order valence-electron chi connectivity index (χ4n) is 1.80. The number of hydrogen-bond acceptors (Lipinski definition) is 3. The van der Waals surface area contributed by atoms with Gasteiger partial charge in [0, 0.05) is 24.7 Å². The molecule has 4 heteroatoms. The molecule has 0 fully saturated rings. The SMILES string of the molecule is Cc1ccc(Cc2ncc(CN)c(=O)[nH]2)cc1C. The van der Waals surface area contributed by atoms with Crippen LogP contribution in [0.25, 0.3) is 0 Å². The van der Waals surface area contributed by atoms with Crippen LogP contribution in [0.1, 0.15) is 28.1 Å². The summed E-state index contributed by atoms with van der Waals surface area (Å²) in [5.41, 5.74) is 9.44. The minimum Gasteiger partial charge on any atom is -0.326 e. The Bertz CT molecular complexity index is 617. The molecule has 0 atom stereocenters. The number of nitrogens with zero attached hydrogens (tertiary/aromatic N) is 1. The van der Waals surface area contributed by atoms with E-state index in [9.17, 15) is 4.79 Å². The second-order valence-corrected chi connectivity index (χ2v) is 4.48. The third kappa shape index (κ3) is 2.65. The van der Waals surface area contributed by atoms with Crippen molar-refractivity contribution in [1.29, 1.82) is 0 Å². The van der Waals surface area contributed by atoms with E-state index in [0.29, 0.717) is 17.8 Å². The van der Waals surface area contributed by atoms with E-state index >= 15 is 0 Å². The fraction of sp³-hybridized carbons (Fsp3) is 0.286. The zero-order valence-corrected chi connectivity index (χ0v) is 10.7. The van der Waals surface area contributed by atoms with Gasteiger partial charge in [-0.3, -0.25) is 4.79 Å². The molecule has 0 unspecified atom stereocenters. The highest BCUT2D eigenvalue weighted by Gasteiger charge is 2.03. The first-order valence-electron chi connectivity index (χ1n) is 5.93. The maximum atomic E-state index is 11.6. The Morgan fingerprint density at radius 3 is 2.67 bits per heavy atom. The molecule has 1 aromatic heterocycles. The largest absolute Gasteiger partial charge is 0.326 e. The monoisotopic (exact) mass is 243 g/mol. The van der Waals surface area contributed by atoms with Gasteiger partial charge in [0.05, 0.1) is 0 Å². The minimum absolute atomic E-state index is 0.147. The predicted molar refractivity (Wildman–Crippen MR) is 71.5 cm³/mol. The number of benzene rings is 1. The van der Waals surface area contributed by atoms with Crippen molar-refractivity contribution in [2.45, 2.75) is 26.8 Å². The molecule has 1 heterocycles. The zero-order chi connectivity index (χ0) is 13.1. The van der Waals surface area contributed by atoms with Crippen molar-refractivity contribution in [2.75, 3.05) is 0 Å². The lowest BCUT2D eigenvalue weighted by molar-refractivity contribution is 0.897. The van der Waals surface area contributed by atoms with Crippen molar-refractivity contribution in [3.05, 3.63) is 62.8 Å². The standard InChI is InChI=1S/C14H17N3O/c1-9-3-4-11(5-10(9)2)6-13-16-8-12(7-15)14(18)17-13/h3-5,8H,6-7,15H2,1-2H3,(H,16,17,18). The van der Waals surface area contributed by atoms with Gasteiger partial charge < -0.3 is 10.7 Å². The summed E-state index contributed by atoms with van der Waals surface area (Å²) in [6.45, 7) is 4.37. The van der Waals surface area contributed by atoms with Crippen molar-refractivity contribution in [2.24, 2.45) is 5.73 Å². The van der Waals surface area contributed by atoms with Crippen LogP contribution in [0.2, 0.25) is 0 Å². The van der Waals surface area contributed by atoms with Gasteiger partial charge in [0.15, 0.2) is 0 Å². The maximum Gasteiger partial charge on any atom is 0.255 e. The molecule has 0 aliphatic carbocycles. The number of nitrogens with two attached hydrogens (primary N) is 1. The molecule has 0 radical (unpaired) electrons. The van der Waals surface area contributed by atoms with E-state index in [-0.39, 0.29) is 12.1 Å². The number of aryl methyl sites for hydroxylation is 2. The zero-order valence-electron chi connectivity index (χ0n) is 10.7. The van der Waals surface area contributed by atoms with E-state index in [2.05, 4.69) is 42.0 Å². The van der Waals surface area contributed by atoms with Crippen molar-refractivity contribution in [3.8, 4) is 0 Å². The molecular formula is C14H17N3O. The van der Waals surface area contributed by atoms with E-state index in [0.717, 1.165) is 5.56 Å². The van der Waals surface area contributed by atoms with Gasteiger partial charge in [-0.15, -0.1) is 0 Å². The lowest BCUT2D eigenvalue weighted by atomic mass is 10.0. The van der Waals surface area contributed by atoms with E-state index in [1.807, 2.05) is 0 Å². The van der Waals surface area contributed by atoms with E-state index in [1.165, 1.54) is 11.1 Å². The Morgan fingerprint density at radius 1 is 1.28 bits per heavy atom. The van der Waals surface area contributed by atoms with Gasteiger partial charge in [-0.25, -0.2) is 4.98 Å². The van der Waals surface area contributed by atoms with Crippen LogP contribution >= 0.6 is 0 Å². The Hall–Kier alpha value is -1.94. The van der Waals surface area contributed by atoms with Crippen molar-refractivity contribution in [1.82, 2.24) is 9.97 Å². The van der Waals surface area contributed by atoms with Gasteiger partial charge in [-0.1, -0.05) is 18.2 Å². The highest BCUT2D eigenvalue weighted by atomic mass is 16.1. The number of H-pyrrole nitrogens is 1. The van der Waals surface area contributed by atoms with Gasteiger partial charge in [0.25, 0.3) is 5.56 Å². The Balaban J connectivity index is 2.26. The number of nitrogens with one attached hydrogen (secondary N) is 1. The summed E-state index contributed by atoms with van der Waals surface area (Å²) in [6.07, 6.45) is 2.18. The van der Waals surface area contributed by atoms with Crippen LogP contribution in [0.4, 0.5) is 0 Å². The van der Waals surface area contributed by atoms with Gasteiger partial charge in [-0.2, -0.15) is 0 Å². The average molecular weight is 243 g/mol. The Morgan fingerprint density at radius 2 is 2.06 bits per heavy atom. The third-order valence-corrected chi connectivity index (χ3v) is 3.09. The van der Waals surface area contributed by atoms with E-state index in [4.69, 9.17) is 5.73 Å². The highest BCUT2D eigenvalue weighted by Crippen LogP contribution is 2.11. The highest BCUT2D eigenvalue weighted by molar-refractivity contribution is 5.31. The van der Waals surface area contributed by atoms with Gasteiger partial charge in [0.1, 0.15) is 5.82 Å². The quantitative estimate of drug-likeness (QED) is 0.856. The molecule has 2 aromatic rings. The van der Waals surface area contributed by atoms with Crippen LogP contribution in [0.3, 0.4) is 0 Å². The van der Waals surface area contributed by atoms with Crippen LogP contribution in [0.5, 0.6) is 0 Å². The summed E-state index contributed by atoms with van der Waals surface area (Å²) in [5.74, 6) is 0.667. The molecule has 1 aromatic carbocycles. The minimum atomic E-state index is -0.147. The summed E-state index contributed by atoms with van der Waals surface area (Å²) in [6, 6.07) is 6.25. The lowest BCUT2D eigenvalue weighted by Crippen LogP contribution is -2.18. The lowest BCUT2D eigenvalue weighted by Gasteiger charge is -2.05. The molecule has 0 saturated carbocycles. The molecule has 0 amide bonds. The summed E-state index contributed by atoms with van der Waals surface area (Å²) in [4.78, 5) is 18.6. The number of aromatic nitrogens is 2.